The van der Waals surface area contributed by atoms with Crippen molar-refractivity contribution >= 4 is 56.8 Å². The van der Waals surface area contributed by atoms with E-state index in [1.807, 2.05) is 30.5 Å². The minimum absolute atomic E-state index is 0.372. The molecule has 0 fully saturated rings. The second kappa shape index (κ2) is 8.33. The number of aryl methyl sites for hydroxylation is 1. The van der Waals surface area contributed by atoms with Crippen molar-refractivity contribution in [2.24, 2.45) is 0 Å². The number of hydrogen-bond acceptors (Lipinski definition) is 6. The normalized spacial score (nSPS) is 11.5. The molecule has 148 valence electrons. The zero-order valence-corrected chi connectivity index (χ0v) is 17.9. The first-order chi connectivity index (χ1) is 14.4. The summed E-state index contributed by atoms with van der Waals surface area (Å²) in [6.07, 6.45) is 1.58. The monoisotopic (exact) mass is 453 g/mol. The van der Waals surface area contributed by atoms with Crippen molar-refractivity contribution in [1.29, 1.82) is 5.26 Å². The predicted molar refractivity (Wildman–Crippen MR) is 122 cm³/mol. The molecule has 0 radical (unpaired) electrons. The predicted octanol–water partition coefficient (Wildman–Crippen LogP) is 6.51. The molecule has 0 aliphatic carbocycles. The molecule has 0 saturated carbocycles. The molecule has 0 amide bonds. The molecule has 0 saturated heterocycles. The van der Waals surface area contributed by atoms with Crippen LogP contribution in [0.1, 0.15) is 10.6 Å². The van der Waals surface area contributed by atoms with Gasteiger partial charge in [-0.3, -0.25) is 0 Å². The lowest BCUT2D eigenvalue weighted by atomic mass is 10.1. The quantitative estimate of drug-likeness (QED) is 0.281. The van der Waals surface area contributed by atoms with Gasteiger partial charge in [0.2, 0.25) is 0 Å². The van der Waals surface area contributed by atoms with Crippen LogP contribution in [0.2, 0.25) is 10.0 Å². The molecule has 0 aliphatic rings. The Morgan fingerprint density at radius 1 is 1.20 bits per heavy atom. The van der Waals surface area contributed by atoms with Crippen molar-refractivity contribution in [2.75, 3.05) is 5.32 Å². The third-order valence-corrected chi connectivity index (χ3v) is 6.02. The maximum absolute atomic E-state index is 11.6. The van der Waals surface area contributed by atoms with Crippen molar-refractivity contribution < 1.29 is 4.42 Å². The summed E-state index contributed by atoms with van der Waals surface area (Å²) in [6.45, 7) is 1.86. The van der Waals surface area contributed by atoms with Crippen molar-refractivity contribution in [3.63, 3.8) is 0 Å². The maximum atomic E-state index is 11.6. The Balaban J connectivity index is 1.61. The number of rotatable bonds is 4. The van der Waals surface area contributed by atoms with E-state index in [2.05, 4.69) is 16.4 Å². The van der Waals surface area contributed by atoms with Crippen LogP contribution in [0.3, 0.4) is 0 Å². The van der Waals surface area contributed by atoms with Gasteiger partial charge in [-0.2, -0.15) is 5.26 Å². The molecule has 2 aromatic heterocycles. The Kier molecular flexibility index (Phi) is 5.60. The van der Waals surface area contributed by atoms with Crippen LogP contribution in [0.15, 0.2) is 63.3 Å². The molecular formula is C22H13Cl2N3O2S. The molecule has 4 rings (SSSR count). The Hall–Kier alpha value is -3.11. The molecule has 30 heavy (non-hydrogen) atoms. The first kappa shape index (κ1) is 20.2. The summed E-state index contributed by atoms with van der Waals surface area (Å²) in [7, 11) is 0. The average Bonchev–Trinajstić information content (AvgIpc) is 3.20. The number of allylic oxidation sites excluding steroid dienone is 1. The van der Waals surface area contributed by atoms with Crippen LogP contribution in [0, 0.1) is 18.3 Å². The fraction of sp³-hybridized carbons (Fsp3) is 0.0455. The largest absolute Gasteiger partial charge is 0.423 e. The minimum Gasteiger partial charge on any atom is -0.423 e. The number of halogens is 2. The second-order valence-corrected chi connectivity index (χ2v) is 8.11. The Labute approximate surface area is 185 Å². The molecule has 0 atom stereocenters. The second-order valence-electron chi connectivity index (χ2n) is 6.44. The van der Waals surface area contributed by atoms with E-state index in [1.54, 1.807) is 24.4 Å². The van der Waals surface area contributed by atoms with Gasteiger partial charge in [0.25, 0.3) is 0 Å². The summed E-state index contributed by atoms with van der Waals surface area (Å²) in [5.74, 6) is 0. The first-order valence-electron chi connectivity index (χ1n) is 8.77. The van der Waals surface area contributed by atoms with Crippen LogP contribution in [0.5, 0.6) is 0 Å². The van der Waals surface area contributed by atoms with Gasteiger partial charge in [0, 0.05) is 40.3 Å². The molecule has 2 aromatic carbocycles. The lowest BCUT2D eigenvalue weighted by Crippen LogP contribution is -1.98. The van der Waals surface area contributed by atoms with E-state index in [0.29, 0.717) is 37.6 Å². The molecule has 4 aromatic rings. The fourth-order valence-corrected chi connectivity index (χ4v) is 3.99. The van der Waals surface area contributed by atoms with Gasteiger partial charge >= 0.3 is 5.63 Å². The highest BCUT2D eigenvalue weighted by Gasteiger charge is 2.11. The van der Waals surface area contributed by atoms with Crippen LogP contribution in [-0.4, -0.2) is 4.98 Å². The average molecular weight is 454 g/mol. The van der Waals surface area contributed by atoms with E-state index in [4.69, 9.17) is 27.6 Å². The SMILES string of the molecule is Cc1cc(=O)oc2cc(N/C=C(\C#N)c3nc(-c4ccc(Cl)c(Cl)c4)cs3)ccc12. The third kappa shape index (κ3) is 4.10. The highest BCUT2D eigenvalue weighted by Crippen LogP contribution is 2.31. The molecule has 5 nitrogen and oxygen atoms in total. The number of benzene rings is 2. The number of hydrogen-bond donors (Lipinski definition) is 1. The van der Waals surface area contributed by atoms with Crippen molar-refractivity contribution in [2.45, 2.75) is 6.92 Å². The molecule has 1 N–H and O–H groups in total. The van der Waals surface area contributed by atoms with E-state index in [0.717, 1.165) is 16.5 Å². The van der Waals surface area contributed by atoms with Crippen LogP contribution in [-0.2, 0) is 0 Å². The van der Waals surface area contributed by atoms with Crippen LogP contribution < -0.4 is 10.9 Å². The third-order valence-electron chi connectivity index (χ3n) is 4.40. The fourth-order valence-electron chi connectivity index (χ4n) is 2.90. The highest BCUT2D eigenvalue weighted by molar-refractivity contribution is 7.11. The van der Waals surface area contributed by atoms with E-state index in [9.17, 15) is 10.1 Å². The summed E-state index contributed by atoms with van der Waals surface area (Å²) in [5.41, 5.74) is 3.51. The van der Waals surface area contributed by atoms with Gasteiger partial charge in [0.1, 0.15) is 22.2 Å². The van der Waals surface area contributed by atoms with Gasteiger partial charge in [-0.15, -0.1) is 11.3 Å². The van der Waals surface area contributed by atoms with Crippen LogP contribution >= 0.6 is 34.5 Å². The zero-order chi connectivity index (χ0) is 21.3. The van der Waals surface area contributed by atoms with E-state index in [-0.39, 0.29) is 0 Å². The first-order valence-corrected chi connectivity index (χ1v) is 10.4. The number of nitriles is 1. The van der Waals surface area contributed by atoms with Gasteiger partial charge in [-0.1, -0.05) is 29.3 Å². The van der Waals surface area contributed by atoms with Crippen LogP contribution in [0.4, 0.5) is 5.69 Å². The minimum atomic E-state index is -0.400. The number of nitrogens with zero attached hydrogens (tertiary/aromatic N) is 2. The molecular weight excluding hydrogens is 441 g/mol. The van der Waals surface area contributed by atoms with Gasteiger partial charge < -0.3 is 9.73 Å². The smallest absolute Gasteiger partial charge is 0.336 e. The molecule has 0 spiro atoms. The molecule has 8 heteroatoms. The Morgan fingerprint density at radius 2 is 2.03 bits per heavy atom. The lowest BCUT2D eigenvalue weighted by molar-refractivity contribution is 0.560. The topological polar surface area (TPSA) is 78.9 Å². The van der Waals surface area contributed by atoms with E-state index in [1.165, 1.54) is 17.4 Å². The summed E-state index contributed by atoms with van der Waals surface area (Å²) >= 11 is 13.4. The van der Waals surface area contributed by atoms with Gasteiger partial charge in [0.15, 0.2) is 0 Å². The van der Waals surface area contributed by atoms with Crippen molar-refractivity contribution in [1.82, 2.24) is 4.98 Å². The maximum Gasteiger partial charge on any atom is 0.336 e. The summed E-state index contributed by atoms with van der Waals surface area (Å²) in [6, 6.07) is 14.3. The van der Waals surface area contributed by atoms with E-state index < -0.39 is 5.63 Å². The Bertz CT molecular complexity index is 1400. The number of fused-ring (bicyclic) bond motifs is 1. The zero-order valence-electron chi connectivity index (χ0n) is 15.6. The standard InChI is InChI=1S/C22H13Cl2N3O2S/c1-12-6-21(28)29-20-8-15(3-4-16(12)20)26-10-14(9-25)22-27-19(11-30-22)13-2-5-17(23)18(24)7-13/h2-8,10-11,26H,1H3/b14-10+. The number of anilines is 1. The molecule has 0 aliphatic heterocycles. The van der Waals surface area contributed by atoms with E-state index >= 15 is 0 Å². The van der Waals surface area contributed by atoms with Gasteiger partial charge in [0.05, 0.1) is 15.7 Å². The Morgan fingerprint density at radius 3 is 2.80 bits per heavy atom. The lowest BCUT2D eigenvalue weighted by Gasteiger charge is -2.05. The van der Waals surface area contributed by atoms with Crippen LogP contribution in [0.25, 0.3) is 27.8 Å². The summed E-state index contributed by atoms with van der Waals surface area (Å²) in [4.78, 5) is 16.1. The summed E-state index contributed by atoms with van der Waals surface area (Å²) < 4.78 is 5.26. The van der Waals surface area contributed by atoms with Crippen molar-refractivity contribution in [3.8, 4) is 17.3 Å². The molecule has 0 bridgehead atoms. The van der Waals surface area contributed by atoms with Gasteiger partial charge in [-0.05, 0) is 36.8 Å². The highest BCUT2D eigenvalue weighted by atomic mass is 35.5. The molecule has 2 heterocycles. The number of thiazole rings is 1. The number of nitrogens with one attached hydrogen (secondary N) is 1. The van der Waals surface area contributed by atoms with Gasteiger partial charge in [-0.25, -0.2) is 9.78 Å². The van der Waals surface area contributed by atoms with Crippen molar-refractivity contribution in [3.05, 3.63) is 85.1 Å². The molecule has 0 unspecified atom stereocenters. The summed E-state index contributed by atoms with van der Waals surface area (Å²) in [5, 5.41) is 16.8. The number of aromatic nitrogens is 1.